The number of hydrazone groups is 1. The Balaban J connectivity index is 2.50. The second-order valence-electron chi connectivity index (χ2n) is 2.62. The molecule has 1 atom stereocenters. The highest BCUT2D eigenvalue weighted by molar-refractivity contribution is 6.01. The fourth-order valence-corrected chi connectivity index (χ4v) is 0.760. The summed E-state index contributed by atoms with van der Waals surface area (Å²) < 4.78 is 4.88. The Morgan fingerprint density at radius 1 is 1.69 bits per heavy atom. The second-order valence-corrected chi connectivity index (χ2v) is 2.62. The van der Waals surface area contributed by atoms with Crippen LogP contribution in [0, 0.1) is 0 Å². The summed E-state index contributed by atoms with van der Waals surface area (Å²) in [6.07, 6.45) is 1.28. The number of carbonyl (C=O) groups excluding carboxylic acids is 2. The highest BCUT2D eigenvalue weighted by atomic mass is 16.5. The van der Waals surface area contributed by atoms with Gasteiger partial charge in [0.15, 0.2) is 0 Å². The van der Waals surface area contributed by atoms with Crippen molar-refractivity contribution < 1.29 is 14.3 Å². The van der Waals surface area contributed by atoms with Crippen LogP contribution in [-0.4, -0.2) is 42.9 Å². The lowest BCUT2D eigenvalue weighted by Gasteiger charge is -2.06. The van der Waals surface area contributed by atoms with Crippen molar-refractivity contribution in [1.29, 1.82) is 0 Å². The van der Waals surface area contributed by atoms with Crippen LogP contribution in [0.3, 0.4) is 0 Å². The monoisotopic (exact) mass is 185 g/mol. The minimum Gasteiger partial charge on any atom is -0.376 e. The van der Waals surface area contributed by atoms with Gasteiger partial charge in [0.25, 0.3) is 0 Å². The number of nitrogens with zero attached hydrogens (tertiary/aromatic N) is 2. The van der Waals surface area contributed by atoms with Crippen molar-refractivity contribution in [3.8, 4) is 0 Å². The van der Waals surface area contributed by atoms with Gasteiger partial charge in [-0.25, -0.2) is 9.80 Å². The Kier molecular flexibility index (Phi) is 2.97. The fourth-order valence-electron chi connectivity index (χ4n) is 0.760. The van der Waals surface area contributed by atoms with Crippen LogP contribution in [0.4, 0.5) is 4.79 Å². The van der Waals surface area contributed by atoms with Gasteiger partial charge in [-0.3, -0.25) is 10.1 Å². The fraction of sp³-hybridized carbons (Fsp3) is 0.571. The first-order chi connectivity index (χ1) is 6.13. The van der Waals surface area contributed by atoms with E-state index < -0.39 is 6.03 Å². The third-order valence-electron chi connectivity index (χ3n) is 1.56. The standard InChI is InChI=1S/C7H11N3O3/c1-5(13-2)3-8-10-4-6(11)9-7(10)12/h3,5H,4H2,1-2H3,(H,9,11,12)/b8-3+. The number of urea groups is 1. The van der Waals surface area contributed by atoms with E-state index in [0.29, 0.717) is 0 Å². The van der Waals surface area contributed by atoms with Gasteiger partial charge in [0, 0.05) is 7.11 Å². The predicted octanol–water partition coefficient (Wildman–Crippen LogP) is -0.441. The van der Waals surface area contributed by atoms with Gasteiger partial charge >= 0.3 is 6.03 Å². The third kappa shape index (κ3) is 2.51. The molecule has 6 nitrogen and oxygen atoms in total. The molecule has 0 aliphatic carbocycles. The molecule has 0 spiro atoms. The van der Waals surface area contributed by atoms with Crippen LogP contribution in [0.2, 0.25) is 0 Å². The normalized spacial score (nSPS) is 19.7. The minimum absolute atomic E-state index is 0.0221. The van der Waals surface area contributed by atoms with E-state index in [1.165, 1.54) is 13.3 Å². The van der Waals surface area contributed by atoms with Crippen LogP contribution in [0.15, 0.2) is 5.10 Å². The molecule has 1 rings (SSSR count). The number of hydrogen-bond donors (Lipinski definition) is 1. The highest BCUT2D eigenvalue weighted by Gasteiger charge is 2.25. The molecular formula is C7H11N3O3. The van der Waals surface area contributed by atoms with E-state index in [1.807, 2.05) is 0 Å². The molecule has 0 bridgehead atoms. The van der Waals surface area contributed by atoms with E-state index in [4.69, 9.17) is 4.74 Å². The number of rotatable bonds is 3. The van der Waals surface area contributed by atoms with Gasteiger partial charge in [0.2, 0.25) is 5.91 Å². The zero-order valence-electron chi connectivity index (χ0n) is 7.48. The molecule has 1 heterocycles. The average Bonchev–Trinajstić information content (AvgIpc) is 2.41. The van der Waals surface area contributed by atoms with E-state index in [1.54, 1.807) is 6.92 Å². The summed E-state index contributed by atoms with van der Waals surface area (Å²) >= 11 is 0. The van der Waals surface area contributed by atoms with Crippen molar-refractivity contribution in [2.75, 3.05) is 13.7 Å². The first-order valence-corrected chi connectivity index (χ1v) is 3.81. The topological polar surface area (TPSA) is 71.0 Å². The maximum atomic E-state index is 10.9. The van der Waals surface area contributed by atoms with Crippen molar-refractivity contribution in [3.63, 3.8) is 0 Å². The maximum absolute atomic E-state index is 10.9. The molecule has 6 heteroatoms. The number of hydrogen-bond acceptors (Lipinski definition) is 4. The van der Waals surface area contributed by atoms with E-state index >= 15 is 0 Å². The first-order valence-electron chi connectivity index (χ1n) is 3.81. The molecule has 72 valence electrons. The van der Waals surface area contributed by atoms with Crippen molar-refractivity contribution in [1.82, 2.24) is 10.3 Å². The number of ether oxygens (including phenoxy) is 1. The Bertz CT molecular complexity index is 251. The number of amides is 3. The molecule has 1 N–H and O–H groups in total. The molecule has 1 aliphatic rings. The van der Waals surface area contributed by atoms with E-state index in [-0.39, 0.29) is 18.6 Å². The van der Waals surface area contributed by atoms with Crippen LogP contribution in [0.5, 0.6) is 0 Å². The summed E-state index contributed by atoms with van der Waals surface area (Å²) in [5, 5.41) is 6.93. The number of methoxy groups -OCH3 is 1. The predicted molar refractivity (Wildman–Crippen MR) is 45.2 cm³/mol. The quantitative estimate of drug-likeness (QED) is 0.478. The molecule has 0 saturated carbocycles. The lowest BCUT2D eigenvalue weighted by Crippen LogP contribution is -2.24. The van der Waals surface area contributed by atoms with Crippen LogP contribution >= 0.6 is 0 Å². The van der Waals surface area contributed by atoms with Crippen molar-refractivity contribution in [2.24, 2.45) is 5.10 Å². The molecule has 1 aliphatic heterocycles. The highest BCUT2D eigenvalue weighted by Crippen LogP contribution is 1.98. The van der Waals surface area contributed by atoms with Crippen molar-refractivity contribution in [2.45, 2.75) is 13.0 Å². The zero-order chi connectivity index (χ0) is 9.84. The number of imide groups is 1. The number of nitrogens with one attached hydrogen (secondary N) is 1. The molecule has 0 aromatic heterocycles. The molecule has 0 aromatic carbocycles. The van der Waals surface area contributed by atoms with Crippen LogP contribution < -0.4 is 5.32 Å². The van der Waals surface area contributed by atoms with Gasteiger partial charge in [0.05, 0.1) is 12.3 Å². The van der Waals surface area contributed by atoms with Gasteiger partial charge in [-0.15, -0.1) is 0 Å². The summed E-state index contributed by atoms with van der Waals surface area (Å²) in [7, 11) is 1.53. The van der Waals surface area contributed by atoms with E-state index in [9.17, 15) is 9.59 Å². The molecule has 13 heavy (non-hydrogen) atoms. The summed E-state index contributed by atoms with van der Waals surface area (Å²) in [6, 6.07) is -0.496. The Morgan fingerprint density at radius 2 is 2.38 bits per heavy atom. The number of carbonyl (C=O) groups is 2. The Morgan fingerprint density at radius 3 is 2.85 bits per heavy atom. The van der Waals surface area contributed by atoms with Crippen LogP contribution in [0.25, 0.3) is 0 Å². The Hall–Kier alpha value is -1.43. The average molecular weight is 185 g/mol. The molecule has 1 saturated heterocycles. The second kappa shape index (κ2) is 3.99. The molecule has 1 unspecified atom stereocenters. The molecule has 0 aromatic rings. The van der Waals surface area contributed by atoms with Gasteiger partial charge in [0.1, 0.15) is 6.54 Å². The van der Waals surface area contributed by atoms with Crippen LogP contribution in [0.1, 0.15) is 6.92 Å². The van der Waals surface area contributed by atoms with Gasteiger partial charge in [-0.05, 0) is 6.92 Å². The molecule has 1 fully saturated rings. The van der Waals surface area contributed by atoms with Crippen molar-refractivity contribution >= 4 is 18.2 Å². The summed E-state index contributed by atoms with van der Waals surface area (Å²) in [4.78, 5) is 21.6. The van der Waals surface area contributed by atoms with Gasteiger partial charge in [-0.1, -0.05) is 0 Å². The van der Waals surface area contributed by atoms with Crippen LogP contribution in [-0.2, 0) is 9.53 Å². The minimum atomic E-state index is -0.496. The van der Waals surface area contributed by atoms with Gasteiger partial charge < -0.3 is 4.74 Å². The molecule has 0 radical (unpaired) electrons. The van der Waals surface area contributed by atoms with E-state index in [0.717, 1.165) is 5.01 Å². The third-order valence-corrected chi connectivity index (χ3v) is 1.56. The molecule has 3 amide bonds. The zero-order valence-corrected chi connectivity index (χ0v) is 7.48. The lowest BCUT2D eigenvalue weighted by molar-refractivity contribution is -0.118. The smallest absolute Gasteiger partial charge is 0.344 e. The first kappa shape index (κ1) is 9.66. The Labute approximate surface area is 75.5 Å². The van der Waals surface area contributed by atoms with Gasteiger partial charge in [-0.2, -0.15) is 5.10 Å². The SMILES string of the molecule is COC(C)/C=N/N1CC(=O)NC1=O. The summed E-state index contributed by atoms with van der Waals surface area (Å²) in [5.41, 5.74) is 0. The maximum Gasteiger partial charge on any atom is 0.344 e. The van der Waals surface area contributed by atoms with Crippen molar-refractivity contribution in [3.05, 3.63) is 0 Å². The summed E-state index contributed by atoms with van der Waals surface area (Å²) in [6.45, 7) is 1.76. The molecular weight excluding hydrogens is 174 g/mol. The van der Waals surface area contributed by atoms with E-state index in [2.05, 4.69) is 10.4 Å². The largest absolute Gasteiger partial charge is 0.376 e. The summed E-state index contributed by atoms with van der Waals surface area (Å²) in [5.74, 6) is -0.341. The lowest BCUT2D eigenvalue weighted by atomic mass is 10.5.